The summed E-state index contributed by atoms with van der Waals surface area (Å²) in [7, 11) is 0. The van der Waals surface area contributed by atoms with E-state index in [1.807, 2.05) is 13.0 Å². The summed E-state index contributed by atoms with van der Waals surface area (Å²) in [5, 5.41) is 0. The zero-order chi connectivity index (χ0) is 27.9. The van der Waals surface area contributed by atoms with Crippen LogP contribution in [0.25, 0.3) is 5.57 Å². The molecule has 0 N–H and O–H groups in total. The van der Waals surface area contributed by atoms with E-state index in [0.717, 1.165) is 18.4 Å². The van der Waals surface area contributed by atoms with Crippen LogP contribution in [0.3, 0.4) is 0 Å². The van der Waals surface area contributed by atoms with Crippen molar-refractivity contribution in [1.29, 1.82) is 0 Å². The van der Waals surface area contributed by atoms with Crippen molar-refractivity contribution in [3.63, 3.8) is 0 Å². The van der Waals surface area contributed by atoms with Crippen molar-refractivity contribution in [1.82, 2.24) is 0 Å². The molecule has 0 aliphatic heterocycles. The number of ether oxygens (including phenoxy) is 2. The number of rotatable bonds is 11. The second-order valence-electron chi connectivity index (χ2n) is 9.78. The first-order valence-electron chi connectivity index (χ1n) is 13.5. The van der Waals surface area contributed by atoms with Crippen LogP contribution in [-0.4, -0.2) is 13.2 Å². The zero-order valence-corrected chi connectivity index (χ0v) is 22.3. The third-order valence-corrected chi connectivity index (χ3v) is 7.17. The Morgan fingerprint density at radius 2 is 1.54 bits per heavy atom. The number of halogens is 5. The molecule has 7 heteroatoms. The Bertz CT molecular complexity index is 1330. The third kappa shape index (κ3) is 6.63. The number of aryl methyl sites for hydroxylation is 2. The molecule has 4 rings (SSSR count). The Labute approximate surface area is 226 Å². The van der Waals surface area contributed by atoms with Crippen LogP contribution in [0, 0.1) is 29.1 Å². The molecular formula is C32H33F5O2. The van der Waals surface area contributed by atoms with E-state index in [0.29, 0.717) is 49.0 Å². The summed E-state index contributed by atoms with van der Waals surface area (Å²) in [6.45, 7) is 4.25. The second-order valence-corrected chi connectivity index (χ2v) is 9.78. The van der Waals surface area contributed by atoms with E-state index in [1.54, 1.807) is 25.1 Å². The van der Waals surface area contributed by atoms with Crippen LogP contribution in [-0.2, 0) is 12.8 Å². The molecule has 0 aromatic heterocycles. The van der Waals surface area contributed by atoms with E-state index in [2.05, 4.69) is 0 Å². The summed E-state index contributed by atoms with van der Waals surface area (Å²) in [6, 6.07) is 10.8. The number of allylic oxidation sites excluding steroid dienone is 2. The minimum atomic E-state index is -1.000. The molecule has 208 valence electrons. The topological polar surface area (TPSA) is 18.5 Å². The molecule has 0 fully saturated rings. The van der Waals surface area contributed by atoms with E-state index < -0.39 is 29.1 Å². The number of hydrogen-bond donors (Lipinski definition) is 0. The molecule has 1 aliphatic carbocycles. The van der Waals surface area contributed by atoms with E-state index >= 15 is 4.39 Å². The van der Waals surface area contributed by atoms with E-state index in [1.165, 1.54) is 24.3 Å². The van der Waals surface area contributed by atoms with E-state index in [4.69, 9.17) is 9.47 Å². The maximum absolute atomic E-state index is 15.0. The zero-order valence-electron chi connectivity index (χ0n) is 22.3. The van der Waals surface area contributed by atoms with Gasteiger partial charge in [0.15, 0.2) is 23.1 Å². The average Bonchev–Trinajstić information content (AvgIpc) is 2.94. The first kappa shape index (κ1) is 28.7. The molecule has 0 spiro atoms. The predicted molar refractivity (Wildman–Crippen MR) is 143 cm³/mol. The van der Waals surface area contributed by atoms with E-state index in [-0.39, 0.29) is 36.0 Å². The maximum Gasteiger partial charge on any atom is 0.200 e. The first-order valence-corrected chi connectivity index (χ1v) is 13.5. The summed E-state index contributed by atoms with van der Waals surface area (Å²) in [5.41, 5.74) is 2.45. The molecule has 0 heterocycles. The maximum atomic E-state index is 15.0. The SMILES string of the molecule is CCCCOc1ccc(CCc2ccc(C3=CCC(c4ccc(OCC)c(F)c4F)CC3)c(F)c2)c(F)c1F. The number of benzene rings is 3. The lowest BCUT2D eigenvalue weighted by atomic mass is 9.82. The Kier molecular flexibility index (Phi) is 9.65. The van der Waals surface area contributed by atoms with Gasteiger partial charge in [-0.3, -0.25) is 0 Å². The highest BCUT2D eigenvalue weighted by atomic mass is 19.2. The molecular weight excluding hydrogens is 511 g/mol. The van der Waals surface area contributed by atoms with Gasteiger partial charge in [0.2, 0.25) is 11.6 Å². The van der Waals surface area contributed by atoms with Gasteiger partial charge >= 0.3 is 0 Å². The molecule has 0 radical (unpaired) electrons. The smallest absolute Gasteiger partial charge is 0.200 e. The van der Waals surface area contributed by atoms with Gasteiger partial charge in [0.25, 0.3) is 0 Å². The van der Waals surface area contributed by atoms with Gasteiger partial charge < -0.3 is 9.47 Å². The van der Waals surface area contributed by atoms with Crippen LogP contribution in [0.5, 0.6) is 11.5 Å². The average molecular weight is 545 g/mol. The fourth-order valence-corrected chi connectivity index (χ4v) is 4.95. The largest absolute Gasteiger partial charge is 0.491 e. The molecule has 0 saturated heterocycles. The lowest BCUT2D eigenvalue weighted by Crippen LogP contribution is -2.09. The summed E-state index contributed by atoms with van der Waals surface area (Å²) >= 11 is 0. The van der Waals surface area contributed by atoms with Crippen LogP contribution >= 0.6 is 0 Å². The molecule has 1 aliphatic rings. The van der Waals surface area contributed by atoms with Crippen molar-refractivity contribution in [3.8, 4) is 11.5 Å². The molecule has 3 aromatic rings. The Morgan fingerprint density at radius 3 is 2.23 bits per heavy atom. The fraction of sp³-hybridized carbons (Fsp3) is 0.375. The third-order valence-electron chi connectivity index (χ3n) is 7.17. The van der Waals surface area contributed by atoms with Gasteiger partial charge in [-0.25, -0.2) is 13.2 Å². The minimum Gasteiger partial charge on any atom is -0.491 e. The molecule has 1 atom stereocenters. The van der Waals surface area contributed by atoms with E-state index in [9.17, 15) is 17.6 Å². The van der Waals surface area contributed by atoms with Crippen molar-refractivity contribution < 1.29 is 31.4 Å². The Balaban J connectivity index is 1.40. The van der Waals surface area contributed by atoms with Crippen LogP contribution in [0.4, 0.5) is 22.0 Å². The number of unbranched alkanes of at least 4 members (excludes halogenated alkanes) is 1. The molecule has 3 aromatic carbocycles. The molecule has 0 bridgehead atoms. The standard InChI is InChI=1S/C32H33F5O2/c1-3-5-18-39-28-16-13-23(29(34)31(28)36)8-6-20-7-14-24(26(33)19-20)21-9-11-22(12-10-21)25-15-17-27(38-4-2)32(37)30(25)35/h7,9,13-17,19,22H,3-6,8,10-12,18H2,1-2H3. The van der Waals surface area contributed by atoms with Crippen molar-refractivity contribution in [3.05, 3.63) is 99.9 Å². The van der Waals surface area contributed by atoms with Crippen LogP contribution in [0.1, 0.15) is 74.1 Å². The highest BCUT2D eigenvalue weighted by molar-refractivity contribution is 5.67. The summed E-state index contributed by atoms with van der Waals surface area (Å²) in [5.74, 6) is -4.63. The highest BCUT2D eigenvalue weighted by Crippen LogP contribution is 2.39. The molecule has 0 amide bonds. The van der Waals surface area contributed by atoms with Gasteiger partial charge in [-0.1, -0.05) is 43.7 Å². The molecule has 39 heavy (non-hydrogen) atoms. The Hall–Kier alpha value is -3.35. The minimum absolute atomic E-state index is 0.0986. The van der Waals surface area contributed by atoms with Gasteiger partial charge in [-0.2, -0.15) is 8.78 Å². The lowest BCUT2D eigenvalue weighted by Gasteiger charge is -2.24. The number of hydrogen-bond acceptors (Lipinski definition) is 2. The van der Waals surface area contributed by atoms with Gasteiger partial charge in [-0.05, 0) is 91.8 Å². The van der Waals surface area contributed by atoms with Crippen molar-refractivity contribution in [2.75, 3.05) is 13.2 Å². The van der Waals surface area contributed by atoms with Crippen molar-refractivity contribution in [2.45, 2.75) is 64.7 Å². The summed E-state index contributed by atoms with van der Waals surface area (Å²) in [4.78, 5) is 0. The van der Waals surface area contributed by atoms with Gasteiger partial charge in [0.05, 0.1) is 13.2 Å². The lowest BCUT2D eigenvalue weighted by molar-refractivity contribution is 0.288. The molecule has 2 nitrogen and oxygen atoms in total. The predicted octanol–water partition coefficient (Wildman–Crippen LogP) is 9.10. The van der Waals surface area contributed by atoms with Gasteiger partial charge in [0.1, 0.15) is 5.82 Å². The monoisotopic (exact) mass is 544 g/mol. The quantitative estimate of drug-likeness (QED) is 0.177. The normalized spacial score (nSPS) is 15.3. The van der Waals surface area contributed by atoms with Gasteiger partial charge in [0, 0.05) is 5.56 Å². The second kappa shape index (κ2) is 13.1. The van der Waals surface area contributed by atoms with Gasteiger partial charge in [-0.15, -0.1) is 0 Å². The molecule has 1 unspecified atom stereocenters. The Morgan fingerprint density at radius 1 is 0.795 bits per heavy atom. The fourth-order valence-electron chi connectivity index (χ4n) is 4.95. The highest BCUT2D eigenvalue weighted by Gasteiger charge is 2.24. The first-order chi connectivity index (χ1) is 18.8. The molecule has 0 saturated carbocycles. The van der Waals surface area contributed by atoms with Crippen LogP contribution < -0.4 is 9.47 Å². The summed E-state index contributed by atoms with van der Waals surface area (Å²) < 4.78 is 83.3. The van der Waals surface area contributed by atoms with Crippen molar-refractivity contribution >= 4 is 5.57 Å². The van der Waals surface area contributed by atoms with Crippen LogP contribution in [0.15, 0.2) is 48.5 Å². The van der Waals surface area contributed by atoms with Crippen molar-refractivity contribution in [2.24, 2.45) is 0 Å². The summed E-state index contributed by atoms with van der Waals surface area (Å²) in [6.07, 6.45) is 5.61. The van der Waals surface area contributed by atoms with Crippen LogP contribution in [0.2, 0.25) is 0 Å².